The summed E-state index contributed by atoms with van der Waals surface area (Å²) in [7, 11) is 3.22. The van der Waals surface area contributed by atoms with Crippen LogP contribution in [0.4, 0.5) is 0 Å². The summed E-state index contributed by atoms with van der Waals surface area (Å²) in [5.74, 6) is 1.24. The Morgan fingerprint density at radius 3 is 1.91 bits per heavy atom. The zero-order valence-corrected chi connectivity index (χ0v) is 15.2. The number of benzene rings is 1. The molecule has 0 amide bonds. The fraction of sp³-hybridized carbons (Fsp3) is 0.588. The molecule has 2 aliphatic rings. The molecule has 122 valence electrons. The van der Waals surface area contributed by atoms with Crippen molar-refractivity contribution >= 4 is 24.2 Å². The van der Waals surface area contributed by atoms with Gasteiger partial charge in [0.2, 0.25) is 0 Å². The number of methoxy groups -OCH3 is 2. The molecule has 0 N–H and O–H groups in total. The minimum atomic E-state index is -2.33. The molecule has 0 aromatic heterocycles. The van der Waals surface area contributed by atoms with Crippen molar-refractivity contribution in [2.45, 2.75) is 49.8 Å². The summed E-state index contributed by atoms with van der Waals surface area (Å²) >= 11 is 5.13. The molecule has 3 rings (SSSR count). The molecular formula is C17H25O3PS. The first kappa shape index (κ1) is 16.1. The van der Waals surface area contributed by atoms with E-state index in [2.05, 4.69) is 0 Å². The molecule has 22 heavy (non-hydrogen) atoms. The molecule has 0 atom stereocenters. The maximum absolute atomic E-state index is 13.5. The number of hydrogen-bond donors (Lipinski definition) is 1. The third-order valence-electron chi connectivity index (χ3n) is 5.47. The normalized spacial score (nSPS) is 27.8. The van der Waals surface area contributed by atoms with Crippen molar-refractivity contribution in [2.75, 3.05) is 14.2 Å². The van der Waals surface area contributed by atoms with Crippen LogP contribution >= 0.6 is 18.7 Å². The number of carbonyl (C=O) groups is 1. The number of thiol groups is 1. The van der Waals surface area contributed by atoms with Crippen LogP contribution in [-0.2, 0) is 0 Å². The van der Waals surface area contributed by atoms with Crippen molar-refractivity contribution < 1.29 is 14.3 Å². The van der Waals surface area contributed by atoms with Crippen molar-refractivity contribution in [3.05, 3.63) is 23.8 Å². The summed E-state index contributed by atoms with van der Waals surface area (Å²) in [6.07, 6.45) is 7.15. The van der Waals surface area contributed by atoms with Crippen LogP contribution in [0.25, 0.3) is 0 Å². The van der Waals surface area contributed by atoms with Crippen LogP contribution in [0.1, 0.15) is 48.9 Å². The van der Waals surface area contributed by atoms with Crippen molar-refractivity contribution in [1.82, 2.24) is 0 Å². The monoisotopic (exact) mass is 340 g/mol. The third kappa shape index (κ3) is 2.45. The van der Waals surface area contributed by atoms with Crippen LogP contribution < -0.4 is 9.47 Å². The van der Waals surface area contributed by atoms with Gasteiger partial charge in [-0.05, 0) is 0 Å². The molecule has 0 spiro atoms. The van der Waals surface area contributed by atoms with E-state index in [0.29, 0.717) is 28.4 Å². The Bertz CT molecular complexity index is 531. The summed E-state index contributed by atoms with van der Waals surface area (Å²) in [5.41, 5.74) is 1.85. The van der Waals surface area contributed by atoms with Crippen LogP contribution in [0.2, 0.25) is 0 Å². The average Bonchev–Trinajstić information content (AvgIpc) is 2.52. The van der Waals surface area contributed by atoms with E-state index in [1.165, 1.54) is 12.8 Å². The van der Waals surface area contributed by atoms with Crippen molar-refractivity contribution in [3.63, 3.8) is 0 Å². The van der Waals surface area contributed by atoms with Crippen molar-refractivity contribution in [3.8, 4) is 11.5 Å². The van der Waals surface area contributed by atoms with Gasteiger partial charge in [0.25, 0.3) is 0 Å². The van der Waals surface area contributed by atoms with Crippen molar-refractivity contribution in [2.24, 2.45) is 0 Å². The van der Waals surface area contributed by atoms with Gasteiger partial charge < -0.3 is 0 Å². The van der Waals surface area contributed by atoms with E-state index < -0.39 is 6.46 Å². The molecule has 2 aliphatic heterocycles. The predicted octanol–water partition coefficient (Wildman–Crippen LogP) is 4.54. The van der Waals surface area contributed by atoms with E-state index in [4.69, 9.17) is 21.7 Å². The Kier molecular flexibility index (Phi) is 4.70. The van der Waals surface area contributed by atoms with Crippen molar-refractivity contribution in [1.29, 1.82) is 0 Å². The number of fused-ring (bicyclic) bond motifs is 2. The zero-order chi connectivity index (χ0) is 15.7. The second kappa shape index (κ2) is 6.41. The number of rotatable bonds is 4. The third-order valence-corrected chi connectivity index (χ3v) is 12.9. The zero-order valence-electron chi connectivity index (χ0n) is 13.3. The minimum absolute atomic E-state index is 0.222. The van der Waals surface area contributed by atoms with Gasteiger partial charge in [-0.2, -0.15) is 0 Å². The van der Waals surface area contributed by atoms with Gasteiger partial charge in [-0.15, -0.1) is 0 Å². The summed E-state index contributed by atoms with van der Waals surface area (Å²) < 4.78 is 10.9. The fourth-order valence-corrected chi connectivity index (χ4v) is 10.9. The summed E-state index contributed by atoms with van der Waals surface area (Å²) in [5, 5.41) is 0. The van der Waals surface area contributed by atoms with Gasteiger partial charge in [0, 0.05) is 0 Å². The second-order valence-electron chi connectivity index (χ2n) is 6.45. The van der Waals surface area contributed by atoms with E-state index in [-0.39, 0.29) is 5.52 Å². The second-order valence-corrected chi connectivity index (χ2v) is 12.4. The molecule has 2 bridgehead atoms. The first-order valence-electron chi connectivity index (χ1n) is 8.11. The maximum atomic E-state index is 13.5. The van der Waals surface area contributed by atoms with Gasteiger partial charge >= 0.3 is 138 Å². The quantitative estimate of drug-likeness (QED) is 0.645. The molecule has 1 aromatic rings. The van der Waals surface area contributed by atoms with Gasteiger partial charge in [0.15, 0.2) is 0 Å². The number of ether oxygens (including phenoxy) is 2. The van der Waals surface area contributed by atoms with Crippen LogP contribution in [0.3, 0.4) is 0 Å². The van der Waals surface area contributed by atoms with E-state index in [9.17, 15) is 4.79 Å². The first-order valence-corrected chi connectivity index (χ1v) is 11.6. The Morgan fingerprint density at radius 2 is 1.50 bits per heavy atom. The number of hydrogen-bond acceptors (Lipinski definition) is 4. The molecule has 5 heteroatoms. The van der Waals surface area contributed by atoms with E-state index in [1.807, 2.05) is 18.2 Å². The van der Waals surface area contributed by atoms with Gasteiger partial charge in [0.05, 0.1) is 0 Å². The van der Waals surface area contributed by atoms with E-state index in [1.54, 1.807) is 14.2 Å². The molecule has 2 fully saturated rings. The predicted molar refractivity (Wildman–Crippen MR) is 96.5 cm³/mol. The molecule has 0 saturated carbocycles. The summed E-state index contributed by atoms with van der Waals surface area (Å²) in [4.78, 5) is 13.5. The SMILES string of the molecule is COc1cccc(OC)c1C(=O)[PH]1(S)C2CCCC1CCC2. The summed E-state index contributed by atoms with van der Waals surface area (Å²) in [6, 6.07) is 5.56. The van der Waals surface area contributed by atoms with E-state index >= 15 is 0 Å². The van der Waals surface area contributed by atoms with Gasteiger partial charge in [-0.3, -0.25) is 0 Å². The molecule has 3 nitrogen and oxygen atoms in total. The van der Waals surface area contributed by atoms with Crippen LogP contribution in [0, 0.1) is 0 Å². The molecule has 2 heterocycles. The molecule has 2 saturated heterocycles. The molecular weight excluding hydrogens is 315 g/mol. The molecule has 0 unspecified atom stereocenters. The van der Waals surface area contributed by atoms with Crippen LogP contribution in [0.15, 0.2) is 18.2 Å². The fourth-order valence-electron chi connectivity index (χ4n) is 4.37. The Balaban J connectivity index is 2.07. The van der Waals surface area contributed by atoms with Gasteiger partial charge in [-0.1, -0.05) is 0 Å². The Hall–Kier alpha value is -0.730. The molecule has 0 aliphatic carbocycles. The molecule has 0 radical (unpaired) electrons. The van der Waals surface area contributed by atoms with Gasteiger partial charge in [0.1, 0.15) is 0 Å². The number of carbonyl (C=O) groups excluding carboxylic acids is 1. The Labute approximate surface area is 138 Å². The van der Waals surface area contributed by atoms with Crippen LogP contribution in [0.5, 0.6) is 11.5 Å². The average molecular weight is 340 g/mol. The van der Waals surface area contributed by atoms with E-state index in [0.717, 1.165) is 25.7 Å². The Morgan fingerprint density at radius 1 is 1.05 bits per heavy atom. The first-order chi connectivity index (χ1) is 10.6. The van der Waals surface area contributed by atoms with Crippen LogP contribution in [-0.4, -0.2) is 31.1 Å². The topological polar surface area (TPSA) is 35.5 Å². The summed E-state index contributed by atoms with van der Waals surface area (Å²) in [6.45, 7) is -2.33. The van der Waals surface area contributed by atoms with Gasteiger partial charge in [-0.25, -0.2) is 0 Å². The standard InChI is InChI=1S/C17H25O3PS/c1-19-14-10-5-11-15(20-2)16(14)17(18)21(22)12-6-3-7-13(21)9-4-8-12/h5,10-13,21-22H,3-4,6-9H2,1-2H3. The molecule has 1 aromatic carbocycles.